The average Bonchev–Trinajstić information content (AvgIpc) is 3.24. The smallest absolute Gasteiger partial charge is 0.236 e. The van der Waals surface area contributed by atoms with Crippen molar-refractivity contribution in [3.63, 3.8) is 0 Å². The fraction of sp³-hybridized carbons (Fsp3) is 0.438. The van der Waals surface area contributed by atoms with E-state index in [9.17, 15) is 0 Å². The first-order valence-corrected chi connectivity index (χ1v) is 9.73. The molecule has 0 spiro atoms. The van der Waals surface area contributed by atoms with Gasteiger partial charge >= 0.3 is 0 Å². The van der Waals surface area contributed by atoms with E-state index in [1.165, 1.54) is 19.3 Å². The number of rotatable bonds is 4. The number of hydrogen-bond acceptors (Lipinski definition) is 6. The molecule has 1 aliphatic rings. The van der Waals surface area contributed by atoms with E-state index < -0.39 is 0 Å². The maximum atomic E-state index is 5.80. The molecule has 0 saturated carbocycles. The van der Waals surface area contributed by atoms with E-state index in [1.54, 1.807) is 23.1 Å². The summed E-state index contributed by atoms with van der Waals surface area (Å²) in [4.78, 5) is 5.72. The Bertz CT molecular complexity index is 791. The van der Waals surface area contributed by atoms with E-state index in [-0.39, 0.29) is 0 Å². The molecule has 0 unspecified atom stereocenters. The summed E-state index contributed by atoms with van der Waals surface area (Å²) in [5.41, 5.74) is 0.990. The number of thiophene rings is 1. The molecule has 0 aliphatic carbocycles. The van der Waals surface area contributed by atoms with Gasteiger partial charge in [0.05, 0.1) is 10.6 Å². The van der Waals surface area contributed by atoms with Gasteiger partial charge in [0.2, 0.25) is 5.89 Å². The lowest BCUT2D eigenvalue weighted by molar-refractivity contribution is 0.542. The summed E-state index contributed by atoms with van der Waals surface area (Å²) in [5.74, 6) is 3.49. The summed E-state index contributed by atoms with van der Waals surface area (Å²) < 4.78 is 8.08. The van der Waals surface area contributed by atoms with Crippen molar-refractivity contribution in [2.24, 2.45) is 0 Å². The van der Waals surface area contributed by atoms with Crippen LogP contribution in [-0.4, -0.2) is 19.7 Å². The normalized spacial score (nSPS) is 14.7. The Morgan fingerprint density at radius 1 is 1.30 bits per heavy atom. The van der Waals surface area contributed by atoms with Gasteiger partial charge in [-0.2, -0.15) is 0 Å². The maximum Gasteiger partial charge on any atom is 0.236 e. The van der Waals surface area contributed by atoms with Crippen molar-refractivity contribution in [3.8, 4) is 10.8 Å². The van der Waals surface area contributed by atoms with Crippen LogP contribution in [-0.2, 0) is 18.7 Å². The van der Waals surface area contributed by atoms with E-state index in [0.29, 0.717) is 5.89 Å². The molecule has 7 heteroatoms. The Hall–Kier alpha value is -1.60. The van der Waals surface area contributed by atoms with Gasteiger partial charge in [-0.3, -0.25) is 0 Å². The average molecular weight is 346 g/mol. The predicted octanol–water partition coefficient (Wildman–Crippen LogP) is 4.32. The van der Waals surface area contributed by atoms with Crippen LogP contribution in [0, 0.1) is 6.92 Å². The van der Waals surface area contributed by atoms with Gasteiger partial charge in [-0.25, -0.2) is 4.98 Å². The molecule has 23 heavy (non-hydrogen) atoms. The van der Waals surface area contributed by atoms with E-state index in [1.807, 2.05) is 24.4 Å². The number of hydrogen-bond donors (Lipinski definition) is 0. The number of aryl methyl sites for hydroxylation is 2. The van der Waals surface area contributed by atoms with Crippen LogP contribution in [0.5, 0.6) is 0 Å². The molecule has 1 aliphatic heterocycles. The van der Waals surface area contributed by atoms with E-state index in [0.717, 1.165) is 46.0 Å². The molecule has 120 valence electrons. The van der Waals surface area contributed by atoms with Gasteiger partial charge in [-0.05, 0) is 31.2 Å². The van der Waals surface area contributed by atoms with Crippen LogP contribution >= 0.6 is 23.1 Å². The first-order valence-electron chi connectivity index (χ1n) is 7.86. The second-order valence-corrected chi connectivity index (χ2v) is 7.54. The van der Waals surface area contributed by atoms with Crippen molar-refractivity contribution in [1.82, 2.24) is 19.7 Å². The Kier molecular flexibility index (Phi) is 4.22. The molecular weight excluding hydrogens is 328 g/mol. The highest BCUT2D eigenvalue weighted by atomic mass is 32.2. The van der Waals surface area contributed by atoms with Gasteiger partial charge in [0, 0.05) is 18.7 Å². The Labute approximate surface area is 143 Å². The summed E-state index contributed by atoms with van der Waals surface area (Å²) in [7, 11) is 0. The van der Waals surface area contributed by atoms with Crippen molar-refractivity contribution < 1.29 is 4.42 Å². The zero-order chi connectivity index (χ0) is 15.6. The minimum Gasteiger partial charge on any atom is -0.440 e. The summed E-state index contributed by atoms with van der Waals surface area (Å²) in [6.45, 7) is 3.01. The van der Waals surface area contributed by atoms with Crippen molar-refractivity contribution >= 4 is 23.1 Å². The van der Waals surface area contributed by atoms with Crippen LogP contribution < -0.4 is 0 Å². The van der Waals surface area contributed by atoms with Crippen LogP contribution in [0.2, 0.25) is 0 Å². The Balaban J connectivity index is 1.50. The molecule has 4 heterocycles. The predicted molar refractivity (Wildman–Crippen MR) is 91.7 cm³/mol. The first-order chi connectivity index (χ1) is 11.3. The number of oxazole rings is 1. The molecule has 4 rings (SSSR count). The fourth-order valence-electron chi connectivity index (χ4n) is 2.77. The zero-order valence-corrected chi connectivity index (χ0v) is 14.6. The van der Waals surface area contributed by atoms with Gasteiger partial charge in [0.25, 0.3) is 0 Å². The molecule has 0 aromatic carbocycles. The molecule has 0 saturated heterocycles. The molecule has 5 nitrogen and oxygen atoms in total. The van der Waals surface area contributed by atoms with Gasteiger partial charge in [0.15, 0.2) is 5.16 Å². The second-order valence-electron chi connectivity index (χ2n) is 5.65. The van der Waals surface area contributed by atoms with Crippen LogP contribution in [0.25, 0.3) is 10.8 Å². The number of aromatic nitrogens is 4. The lowest BCUT2D eigenvalue weighted by Gasteiger charge is -2.05. The minimum atomic E-state index is 0.716. The molecule has 0 radical (unpaired) electrons. The molecule has 3 aromatic heterocycles. The van der Waals surface area contributed by atoms with Gasteiger partial charge < -0.3 is 8.98 Å². The van der Waals surface area contributed by atoms with Crippen molar-refractivity contribution in [2.45, 2.75) is 50.1 Å². The summed E-state index contributed by atoms with van der Waals surface area (Å²) in [6, 6.07) is 4.05. The van der Waals surface area contributed by atoms with Crippen LogP contribution in [0.15, 0.2) is 27.1 Å². The Morgan fingerprint density at radius 2 is 2.26 bits per heavy atom. The lowest BCUT2D eigenvalue weighted by atomic mass is 10.2. The molecule has 3 aromatic rings. The third kappa shape index (κ3) is 3.07. The fourth-order valence-corrected chi connectivity index (χ4v) is 4.40. The molecule has 0 atom stereocenters. The maximum absolute atomic E-state index is 5.80. The molecule has 0 N–H and O–H groups in total. The largest absolute Gasteiger partial charge is 0.440 e. The third-order valence-electron chi connectivity index (χ3n) is 4.04. The highest BCUT2D eigenvalue weighted by Gasteiger charge is 2.17. The second kappa shape index (κ2) is 6.49. The van der Waals surface area contributed by atoms with Crippen molar-refractivity contribution in [1.29, 1.82) is 0 Å². The minimum absolute atomic E-state index is 0.716. The first kappa shape index (κ1) is 15.0. The highest BCUT2D eigenvalue weighted by Crippen LogP contribution is 2.30. The van der Waals surface area contributed by atoms with Crippen LogP contribution in [0.1, 0.15) is 36.5 Å². The number of nitrogens with zero attached hydrogens (tertiary/aromatic N) is 4. The van der Waals surface area contributed by atoms with E-state index in [2.05, 4.69) is 19.7 Å². The standard InChI is InChI=1S/C16H18N4OS2/c1-11-12(17-15(21-11)13-6-5-9-22-13)10-23-16-19-18-14-7-3-2-4-8-20(14)16/h5-6,9H,2-4,7-8,10H2,1H3. The van der Waals surface area contributed by atoms with Crippen LogP contribution in [0.3, 0.4) is 0 Å². The third-order valence-corrected chi connectivity index (χ3v) is 5.87. The van der Waals surface area contributed by atoms with Crippen molar-refractivity contribution in [2.75, 3.05) is 0 Å². The van der Waals surface area contributed by atoms with Crippen LogP contribution in [0.4, 0.5) is 0 Å². The van der Waals surface area contributed by atoms with Gasteiger partial charge in [0.1, 0.15) is 11.6 Å². The summed E-state index contributed by atoms with van der Waals surface area (Å²) >= 11 is 3.34. The van der Waals surface area contributed by atoms with Crippen molar-refractivity contribution in [3.05, 3.63) is 34.8 Å². The zero-order valence-electron chi connectivity index (χ0n) is 13.0. The molecule has 0 amide bonds. The molecular formula is C16H18N4OS2. The lowest BCUT2D eigenvalue weighted by Crippen LogP contribution is -2.02. The summed E-state index contributed by atoms with van der Waals surface area (Å²) in [5, 5.41) is 11.7. The van der Waals surface area contributed by atoms with E-state index in [4.69, 9.17) is 4.42 Å². The Morgan fingerprint density at radius 3 is 3.13 bits per heavy atom. The quantitative estimate of drug-likeness (QED) is 0.658. The highest BCUT2D eigenvalue weighted by molar-refractivity contribution is 7.98. The molecule has 0 fully saturated rings. The van der Waals surface area contributed by atoms with E-state index >= 15 is 0 Å². The number of fused-ring (bicyclic) bond motifs is 1. The topological polar surface area (TPSA) is 56.7 Å². The number of thioether (sulfide) groups is 1. The SMILES string of the molecule is Cc1oc(-c2cccs2)nc1CSc1nnc2n1CCCCC2. The summed E-state index contributed by atoms with van der Waals surface area (Å²) in [6.07, 6.45) is 4.75. The van der Waals surface area contributed by atoms with Gasteiger partial charge in [-0.1, -0.05) is 24.2 Å². The monoisotopic (exact) mass is 346 g/mol. The molecule has 0 bridgehead atoms. The van der Waals surface area contributed by atoms with Gasteiger partial charge in [-0.15, -0.1) is 21.5 Å².